The van der Waals surface area contributed by atoms with Gasteiger partial charge in [0.15, 0.2) is 0 Å². The summed E-state index contributed by atoms with van der Waals surface area (Å²) in [6.07, 6.45) is 7.60. The van der Waals surface area contributed by atoms with Crippen LogP contribution < -0.4 is 5.73 Å². The molecule has 0 aliphatic carbocycles. The first kappa shape index (κ1) is 21.3. The number of aromatic amines is 1. The van der Waals surface area contributed by atoms with Crippen molar-refractivity contribution < 1.29 is 18.8 Å². The van der Waals surface area contributed by atoms with Crippen molar-refractivity contribution in [2.75, 3.05) is 31.9 Å². The summed E-state index contributed by atoms with van der Waals surface area (Å²) in [6.45, 7) is 4.91. The zero-order valence-electron chi connectivity index (χ0n) is 17.1. The van der Waals surface area contributed by atoms with E-state index in [0.717, 1.165) is 6.42 Å². The Kier molecular flexibility index (Phi) is 6.34. The molecule has 1 aromatic carbocycles. The second-order valence-corrected chi connectivity index (χ2v) is 7.06. The summed E-state index contributed by atoms with van der Waals surface area (Å²) in [5.74, 6) is -2.24. The first-order valence-electron chi connectivity index (χ1n) is 9.89. The molecule has 0 bridgehead atoms. The number of fused-ring (bicyclic) bond motifs is 1. The van der Waals surface area contributed by atoms with Crippen LogP contribution in [0, 0.1) is 5.82 Å². The van der Waals surface area contributed by atoms with Gasteiger partial charge in [0.05, 0.1) is 16.8 Å². The summed E-state index contributed by atoms with van der Waals surface area (Å²) >= 11 is 0. The van der Waals surface area contributed by atoms with Crippen LogP contribution in [0.25, 0.3) is 10.9 Å². The van der Waals surface area contributed by atoms with Gasteiger partial charge in [-0.05, 0) is 25.5 Å². The van der Waals surface area contributed by atoms with E-state index in [1.54, 1.807) is 24.0 Å². The third-order valence-corrected chi connectivity index (χ3v) is 5.20. The van der Waals surface area contributed by atoms with Crippen molar-refractivity contribution in [1.29, 1.82) is 0 Å². The van der Waals surface area contributed by atoms with Crippen molar-refractivity contribution in [2.45, 2.75) is 20.3 Å². The van der Waals surface area contributed by atoms with Crippen molar-refractivity contribution in [2.24, 2.45) is 0 Å². The Hall–Kier alpha value is -3.42. The number of carbonyl (C=O) groups excluding carboxylic acids is 3. The number of rotatable bonds is 5. The minimum atomic E-state index is -0.800. The van der Waals surface area contributed by atoms with E-state index in [1.807, 2.05) is 13.0 Å². The van der Waals surface area contributed by atoms with E-state index in [4.69, 9.17) is 5.73 Å². The number of aromatic nitrogens is 1. The summed E-state index contributed by atoms with van der Waals surface area (Å²) in [6, 6.07) is 2.57. The number of nitrogen functional groups attached to an aromatic ring is 1. The molecule has 1 saturated heterocycles. The lowest BCUT2D eigenvalue weighted by Gasteiger charge is -2.34. The van der Waals surface area contributed by atoms with E-state index < -0.39 is 17.5 Å². The first-order chi connectivity index (χ1) is 14.4. The maximum Gasteiger partial charge on any atom is 0.295 e. The minimum Gasteiger partial charge on any atom is -0.397 e. The van der Waals surface area contributed by atoms with Gasteiger partial charge in [-0.1, -0.05) is 25.2 Å². The highest BCUT2D eigenvalue weighted by atomic mass is 19.1. The van der Waals surface area contributed by atoms with Crippen LogP contribution >= 0.6 is 0 Å². The number of allylic oxidation sites excluding steroid dienone is 2. The van der Waals surface area contributed by atoms with Gasteiger partial charge in [-0.2, -0.15) is 0 Å². The van der Waals surface area contributed by atoms with E-state index in [1.165, 1.54) is 23.2 Å². The number of ketones is 1. The van der Waals surface area contributed by atoms with E-state index in [2.05, 4.69) is 4.98 Å². The second kappa shape index (κ2) is 8.94. The van der Waals surface area contributed by atoms with Gasteiger partial charge in [-0.3, -0.25) is 14.4 Å². The quantitative estimate of drug-likeness (QED) is 0.259. The molecule has 0 spiro atoms. The van der Waals surface area contributed by atoms with Crippen molar-refractivity contribution >= 4 is 34.2 Å². The molecule has 1 fully saturated rings. The maximum atomic E-state index is 14.3. The second-order valence-electron chi connectivity index (χ2n) is 7.06. The smallest absolute Gasteiger partial charge is 0.295 e. The number of benzene rings is 1. The predicted molar refractivity (Wildman–Crippen MR) is 113 cm³/mol. The molecule has 1 aliphatic heterocycles. The molecule has 8 heteroatoms. The van der Waals surface area contributed by atoms with E-state index in [-0.39, 0.29) is 29.9 Å². The average molecular weight is 412 g/mol. The summed E-state index contributed by atoms with van der Waals surface area (Å²) in [4.78, 5) is 43.9. The molecule has 0 unspecified atom stereocenters. The summed E-state index contributed by atoms with van der Waals surface area (Å²) in [7, 11) is 0. The van der Waals surface area contributed by atoms with Gasteiger partial charge in [0.25, 0.3) is 17.6 Å². The van der Waals surface area contributed by atoms with Crippen LogP contribution in [0.3, 0.4) is 0 Å². The monoisotopic (exact) mass is 412 g/mol. The topological polar surface area (TPSA) is 99.5 Å². The highest BCUT2D eigenvalue weighted by molar-refractivity contribution is 6.45. The Balaban J connectivity index is 1.70. The molecule has 3 N–H and O–H groups in total. The molecule has 158 valence electrons. The van der Waals surface area contributed by atoms with Gasteiger partial charge in [0.2, 0.25) is 0 Å². The number of halogens is 1. The predicted octanol–water partition coefficient (Wildman–Crippen LogP) is 2.66. The van der Waals surface area contributed by atoms with Crippen LogP contribution in [-0.2, 0) is 9.59 Å². The van der Waals surface area contributed by atoms with Gasteiger partial charge in [0, 0.05) is 43.3 Å². The molecule has 1 aliphatic rings. The Morgan fingerprint density at radius 3 is 2.37 bits per heavy atom. The number of nitrogens with one attached hydrogen (secondary N) is 1. The van der Waals surface area contributed by atoms with Crippen molar-refractivity contribution in [3.05, 3.63) is 53.5 Å². The van der Waals surface area contributed by atoms with Crippen molar-refractivity contribution in [3.8, 4) is 0 Å². The van der Waals surface area contributed by atoms with Gasteiger partial charge >= 0.3 is 0 Å². The number of piperazine rings is 1. The standard InChI is InChI=1S/C22H25FN4O3/c1-3-5-6-14(4-2)21(29)26-9-11-27(12-10-26)22(30)20(28)15-13-25-19-17(24)8-7-16(23)18(15)19/h4-8,13,25H,3,9-12,24H2,1-2H3/b6-5-,14-4+. The van der Waals surface area contributed by atoms with E-state index in [9.17, 15) is 18.8 Å². The van der Waals surface area contributed by atoms with Crippen LogP contribution in [0.15, 0.2) is 42.1 Å². The molecule has 3 rings (SSSR count). The normalized spacial score (nSPS) is 15.2. The number of nitrogens with two attached hydrogens (primary N) is 1. The molecule has 0 atom stereocenters. The SMILES string of the molecule is C/C=C(\C=C/CC)C(=O)N1CCN(C(=O)C(=O)c2c[nH]c3c(N)ccc(F)c23)CC1. The summed E-state index contributed by atoms with van der Waals surface area (Å²) < 4.78 is 14.3. The molecule has 2 aromatic rings. The fourth-order valence-electron chi connectivity index (χ4n) is 3.50. The highest BCUT2D eigenvalue weighted by Gasteiger charge is 2.30. The number of H-pyrrole nitrogens is 1. The lowest BCUT2D eigenvalue weighted by molar-refractivity contribution is -0.134. The lowest BCUT2D eigenvalue weighted by Crippen LogP contribution is -2.52. The third kappa shape index (κ3) is 3.98. The Labute approximate surface area is 174 Å². The lowest BCUT2D eigenvalue weighted by atomic mass is 10.1. The maximum absolute atomic E-state index is 14.3. The number of anilines is 1. The van der Waals surface area contributed by atoms with E-state index in [0.29, 0.717) is 29.9 Å². The molecule has 0 saturated carbocycles. The number of carbonyl (C=O) groups is 3. The Morgan fingerprint density at radius 1 is 1.13 bits per heavy atom. The van der Waals surface area contributed by atoms with Crippen LogP contribution in [-0.4, -0.2) is 58.6 Å². The summed E-state index contributed by atoms with van der Waals surface area (Å²) in [5.41, 5.74) is 6.96. The number of hydrogen-bond donors (Lipinski definition) is 2. The van der Waals surface area contributed by atoms with Gasteiger partial charge in [0.1, 0.15) is 5.82 Å². The number of Topliss-reactive ketones (excluding diaryl/α,β-unsaturated/α-hetero) is 1. The van der Waals surface area contributed by atoms with Crippen LogP contribution in [0.1, 0.15) is 30.6 Å². The van der Waals surface area contributed by atoms with E-state index >= 15 is 0 Å². The van der Waals surface area contributed by atoms with Crippen LogP contribution in [0.5, 0.6) is 0 Å². The van der Waals surface area contributed by atoms with Gasteiger partial charge in [-0.25, -0.2) is 4.39 Å². The molecule has 1 aromatic heterocycles. The molecule has 30 heavy (non-hydrogen) atoms. The molecule has 0 radical (unpaired) electrons. The highest BCUT2D eigenvalue weighted by Crippen LogP contribution is 2.27. The van der Waals surface area contributed by atoms with Crippen LogP contribution in [0.4, 0.5) is 10.1 Å². The number of nitrogens with zero attached hydrogens (tertiary/aromatic N) is 2. The third-order valence-electron chi connectivity index (χ3n) is 5.20. The molecule has 2 amide bonds. The van der Waals surface area contributed by atoms with Crippen molar-refractivity contribution in [1.82, 2.24) is 14.8 Å². The fraction of sp³-hybridized carbons (Fsp3) is 0.318. The Morgan fingerprint density at radius 2 is 1.77 bits per heavy atom. The zero-order chi connectivity index (χ0) is 21.8. The summed E-state index contributed by atoms with van der Waals surface area (Å²) in [5, 5.41) is 0.0163. The fourth-order valence-corrected chi connectivity index (χ4v) is 3.50. The largest absolute Gasteiger partial charge is 0.397 e. The van der Waals surface area contributed by atoms with Crippen molar-refractivity contribution in [3.63, 3.8) is 0 Å². The molecule has 7 nitrogen and oxygen atoms in total. The average Bonchev–Trinajstić information content (AvgIpc) is 3.22. The number of amides is 2. The minimum absolute atomic E-state index is 0.0163. The molecule has 2 heterocycles. The van der Waals surface area contributed by atoms with Gasteiger partial charge in [-0.15, -0.1) is 0 Å². The zero-order valence-corrected chi connectivity index (χ0v) is 17.1. The molecular weight excluding hydrogens is 387 g/mol. The van der Waals surface area contributed by atoms with Crippen LogP contribution in [0.2, 0.25) is 0 Å². The molecular formula is C22H25FN4O3. The Bertz CT molecular complexity index is 1050. The number of hydrogen-bond acceptors (Lipinski definition) is 4. The van der Waals surface area contributed by atoms with Gasteiger partial charge < -0.3 is 20.5 Å². The first-order valence-corrected chi connectivity index (χ1v) is 9.89.